The molecule has 0 aromatic heterocycles. The Kier molecular flexibility index (Phi) is 4.60. The molecule has 132 valence electrons. The molecule has 2 heterocycles. The first-order chi connectivity index (χ1) is 12.6. The molecule has 6 nitrogen and oxygen atoms in total. The average Bonchev–Trinajstić information content (AvgIpc) is 3.18. The number of fused-ring (bicyclic) bond motifs is 1. The highest BCUT2D eigenvalue weighted by Gasteiger charge is 2.34. The number of carbonyl (C=O) groups excluding carboxylic acids is 2. The number of benzene rings is 2. The van der Waals surface area contributed by atoms with Gasteiger partial charge in [-0.2, -0.15) is 0 Å². The minimum absolute atomic E-state index is 0.111. The van der Waals surface area contributed by atoms with Crippen molar-refractivity contribution in [2.75, 3.05) is 18.8 Å². The third kappa shape index (κ3) is 3.42. The van der Waals surface area contributed by atoms with Crippen LogP contribution in [0.15, 0.2) is 51.8 Å². The second kappa shape index (κ2) is 7.05. The van der Waals surface area contributed by atoms with Gasteiger partial charge in [0.2, 0.25) is 6.79 Å². The largest absolute Gasteiger partial charge is 0.454 e. The van der Waals surface area contributed by atoms with Crippen LogP contribution in [0.2, 0.25) is 0 Å². The smallest absolute Gasteiger partial charge is 0.295 e. The van der Waals surface area contributed by atoms with Gasteiger partial charge in [0.25, 0.3) is 11.1 Å². The van der Waals surface area contributed by atoms with Gasteiger partial charge >= 0.3 is 0 Å². The number of nitrogens with zero attached hydrogens (tertiary/aromatic N) is 1. The van der Waals surface area contributed by atoms with Gasteiger partial charge in [0.1, 0.15) is 0 Å². The molecule has 0 spiro atoms. The standard InChI is InChI=1S/C18H13BrN2O4S/c19-12-2-1-3-13(8-12)20-9-21-17(22)16(26-18(21)23)7-11-4-5-14-15(6-11)25-10-24-14/h1-8,20H,9-10H2/b16-7-. The number of nitrogens with one attached hydrogen (secondary N) is 1. The predicted molar refractivity (Wildman–Crippen MR) is 103 cm³/mol. The molecular weight excluding hydrogens is 420 g/mol. The highest BCUT2D eigenvalue weighted by molar-refractivity contribution is 9.10. The van der Waals surface area contributed by atoms with E-state index in [1.165, 1.54) is 4.90 Å². The maximum Gasteiger partial charge on any atom is 0.295 e. The van der Waals surface area contributed by atoms with Crippen molar-refractivity contribution in [3.63, 3.8) is 0 Å². The van der Waals surface area contributed by atoms with Crippen molar-refractivity contribution >= 4 is 50.6 Å². The van der Waals surface area contributed by atoms with Gasteiger partial charge in [-0.1, -0.05) is 28.1 Å². The molecule has 1 N–H and O–H groups in total. The zero-order valence-electron chi connectivity index (χ0n) is 13.4. The van der Waals surface area contributed by atoms with Crippen molar-refractivity contribution in [1.29, 1.82) is 0 Å². The zero-order valence-corrected chi connectivity index (χ0v) is 15.8. The van der Waals surface area contributed by atoms with E-state index in [2.05, 4.69) is 21.2 Å². The van der Waals surface area contributed by atoms with E-state index in [4.69, 9.17) is 9.47 Å². The molecule has 1 saturated heterocycles. The number of hydrogen-bond acceptors (Lipinski definition) is 6. The molecule has 0 aliphatic carbocycles. The van der Waals surface area contributed by atoms with E-state index in [-0.39, 0.29) is 24.6 Å². The highest BCUT2D eigenvalue weighted by Crippen LogP contribution is 2.36. The quantitative estimate of drug-likeness (QED) is 0.726. The van der Waals surface area contributed by atoms with E-state index in [0.29, 0.717) is 16.4 Å². The normalized spacial score (nSPS) is 17.3. The monoisotopic (exact) mass is 432 g/mol. The lowest BCUT2D eigenvalue weighted by Crippen LogP contribution is -2.33. The molecule has 2 aromatic carbocycles. The molecule has 0 unspecified atom stereocenters. The molecule has 2 amide bonds. The maximum atomic E-state index is 12.6. The van der Waals surface area contributed by atoms with Crippen molar-refractivity contribution < 1.29 is 19.1 Å². The van der Waals surface area contributed by atoms with E-state index >= 15 is 0 Å². The maximum absolute atomic E-state index is 12.6. The van der Waals surface area contributed by atoms with Crippen molar-refractivity contribution in [3.05, 3.63) is 57.4 Å². The fraction of sp³-hybridized carbons (Fsp3) is 0.111. The first-order valence-corrected chi connectivity index (χ1v) is 9.35. The number of thioether (sulfide) groups is 1. The topological polar surface area (TPSA) is 67.9 Å². The van der Waals surface area contributed by atoms with Crippen LogP contribution in [0, 0.1) is 0 Å². The zero-order chi connectivity index (χ0) is 18.1. The van der Waals surface area contributed by atoms with Gasteiger partial charge in [0.15, 0.2) is 11.5 Å². The van der Waals surface area contributed by atoms with Gasteiger partial charge < -0.3 is 14.8 Å². The van der Waals surface area contributed by atoms with E-state index in [0.717, 1.165) is 27.5 Å². The summed E-state index contributed by atoms with van der Waals surface area (Å²) in [7, 11) is 0. The van der Waals surface area contributed by atoms with Crippen molar-refractivity contribution in [1.82, 2.24) is 4.90 Å². The molecule has 4 rings (SSSR count). The van der Waals surface area contributed by atoms with E-state index in [1.54, 1.807) is 18.2 Å². The van der Waals surface area contributed by atoms with Gasteiger partial charge in [0.05, 0.1) is 11.6 Å². The van der Waals surface area contributed by atoms with Crippen LogP contribution in [-0.4, -0.2) is 29.5 Å². The number of hydrogen-bond donors (Lipinski definition) is 1. The molecular formula is C18H13BrN2O4S. The van der Waals surface area contributed by atoms with Crippen molar-refractivity contribution in [2.24, 2.45) is 0 Å². The van der Waals surface area contributed by atoms with Crippen LogP contribution >= 0.6 is 27.7 Å². The van der Waals surface area contributed by atoms with Crippen molar-refractivity contribution in [3.8, 4) is 11.5 Å². The number of anilines is 1. The fourth-order valence-corrected chi connectivity index (χ4v) is 3.80. The number of amides is 2. The van der Waals surface area contributed by atoms with Gasteiger partial charge in [0, 0.05) is 10.2 Å². The lowest BCUT2D eigenvalue weighted by molar-refractivity contribution is -0.122. The summed E-state index contributed by atoms with van der Waals surface area (Å²) in [6, 6.07) is 12.9. The second-order valence-corrected chi connectivity index (χ2v) is 7.48. The Balaban J connectivity index is 1.48. The fourth-order valence-electron chi connectivity index (χ4n) is 2.56. The number of halogens is 1. The number of carbonyl (C=O) groups is 2. The SMILES string of the molecule is O=C1S/C(=C\c2ccc3c(c2)OCO3)C(=O)N1CNc1cccc(Br)c1. The lowest BCUT2D eigenvalue weighted by Gasteiger charge is -2.14. The summed E-state index contributed by atoms with van der Waals surface area (Å²) in [5.74, 6) is 0.989. The summed E-state index contributed by atoms with van der Waals surface area (Å²) in [6.07, 6.45) is 1.69. The Morgan fingerprint density at radius 3 is 2.85 bits per heavy atom. The molecule has 8 heteroatoms. The first kappa shape index (κ1) is 17.0. The van der Waals surface area contributed by atoms with Crippen LogP contribution in [0.3, 0.4) is 0 Å². The van der Waals surface area contributed by atoms with Crippen molar-refractivity contribution in [2.45, 2.75) is 0 Å². The van der Waals surface area contributed by atoms with Crippen LogP contribution < -0.4 is 14.8 Å². The Bertz CT molecular complexity index is 931. The molecule has 2 aliphatic heterocycles. The Labute approximate surface area is 162 Å². The van der Waals surface area contributed by atoms with Crippen LogP contribution in [0.4, 0.5) is 10.5 Å². The third-order valence-corrected chi connectivity index (χ3v) is 5.23. The third-order valence-electron chi connectivity index (χ3n) is 3.83. The van der Waals surface area contributed by atoms with E-state index < -0.39 is 0 Å². The summed E-state index contributed by atoms with van der Waals surface area (Å²) in [5.41, 5.74) is 1.60. The molecule has 0 saturated carbocycles. The van der Waals surface area contributed by atoms with Gasteiger partial charge in [-0.05, 0) is 53.7 Å². The summed E-state index contributed by atoms with van der Waals surface area (Å²) in [4.78, 5) is 26.3. The highest BCUT2D eigenvalue weighted by atomic mass is 79.9. The van der Waals surface area contributed by atoms with Gasteiger partial charge in [-0.25, -0.2) is 0 Å². The summed E-state index contributed by atoms with van der Waals surface area (Å²) in [6.45, 7) is 0.302. The van der Waals surface area contributed by atoms with Crippen LogP contribution in [0.1, 0.15) is 5.56 Å². The Morgan fingerprint density at radius 2 is 2.00 bits per heavy atom. The molecule has 26 heavy (non-hydrogen) atoms. The number of imide groups is 1. The molecule has 0 radical (unpaired) electrons. The number of ether oxygens (including phenoxy) is 2. The lowest BCUT2D eigenvalue weighted by atomic mass is 10.2. The summed E-state index contributed by atoms with van der Waals surface area (Å²) < 4.78 is 11.5. The molecule has 0 bridgehead atoms. The first-order valence-electron chi connectivity index (χ1n) is 7.74. The minimum Gasteiger partial charge on any atom is -0.454 e. The van der Waals surface area contributed by atoms with Crippen LogP contribution in [-0.2, 0) is 4.79 Å². The summed E-state index contributed by atoms with van der Waals surface area (Å²) >= 11 is 4.31. The second-order valence-electron chi connectivity index (χ2n) is 5.57. The number of rotatable bonds is 4. The van der Waals surface area contributed by atoms with Crippen LogP contribution in [0.25, 0.3) is 6.08 Å². The minimum atomic E-state index is -0.319. The average molecular weight is 433 g/mol. The molecule has 2 aromatic rings. The van der Waals surface area contributed by atoms with Crippen LogP contribution in [0.5, 0.6) is 11.5 Å². The Morgan fingerprint density at radius 1 is 1.15 bits per heavy atom. The predicted octanol–water partition coefficient (Wildman–Crippen LogP) is 4.28. The molecule has 0 atom stereocenters. The van der Waals surface area contributed by atoms with E-state index in [9.17, 15) is 9.59 Å². The summed E-state index contributed by atoms with van der Waals surface area (Å²) in [5, 5.41) is 2.78. The van der Waals surface area contributed by atoms with Gasteiger partial charge in [-0.15, -0.1) is 0 Å². The molecule has 1 fully saturated rings. The van der Waals surface area contributed by atoms with Gasteiger partial charge in [-0.3, -0.25) is 14.5 Å². The molecule has 2 aliphatic rings. The van der Waals surface area contributed by atoms with E-state index in [1.807, 2.05) is 30.3 Å². The Hall–Kier alpha value is -2.45.